The largest absolute Gasteiger partial charge is 0.345 e. The maximum atomic E-state index is 11.8. The smallest absolute Gasteiger partial charge is 0.253 e. The van der Waals surface area contributed by atoms with Gasteiger partial charge in [0, 0.05) is 42.0 Å². The monoisotopic (exact) mass is 267 g/mol. The molecule has 1 atom stereocenters. The molecule has 18 heavy (non-hydrogen) atoms. The third-order valence-electron chi connectivity index (χ3n) is 2.63. The van der Waals surface area contributed by atoms with E-state index in [1.54, 1.807) is 25.1 Å². The first kappa shape index (κ1) is 14.9. The number of nitrogens with zero attached hydrogens (tertiary/aromatic N) is 1. The molecule has 0 aliphatic carbocycles. The van der Waals surface area contributed by atoms with E-state index in [1.165, 1.54) is 0 Å². The molecule has 0 radical (unpaired) electrons. The molecule has 0 N–H and O–H groups in total. The van der Waals surface area contributed by atoms with Crippen LogP contribution < -0.4 is 0 Å². The van der Waals surface area contributed by atoms with Crippen LogP contribution in [0.4, 0.5) is 0 Å². The van der Waals surface area contributed by atoms with E-state index in [2.05, 4.69) is 6.92 Å². The van der Waals surface area contributed by atoms with Gasteiger partial charge in [-0.05, 0) is 24.1 Å². The van der Waals surface area contributed by atoms with Crippen LogP contribution in [0.25, 0.3) is 0 Å². The molecule has 100 valence electrons. The maximum Gasteiger partial charge on any atom is 0.253 e. The minimum absolute atomic E-state index is 0.0174. The third-order valence-corrected chi connectivity index (χ3v) is 4.03. The molecule has 0 aliphatic heterocycles. The summed E-state index contributed by atoms with van der Waals surface area (Å²) in [7, 11) is 2.63. The van der Waals surface area contributed by atoms with Crippen molar-refractivity contribution in [2.75, 3.05) is 19.8 Å². The van der Waals surface area contributed by atoms with Crippen molar-refractivity contribution in [1.82, 2.24) is 4.90 Å². The first-order valence-corrected chi connectivity index (χ1v) is 7.69. The second kappa shape index (κ2) is 7.31. The van der Waals surface area contributed by atoms with Crippen molar-refractivity contribution in [1.29, 1.82) is 0 Å². The summed E-state index contributed by atoms with van der Waals surface area (Å²) >= 11 is 0. The molecule has 1 aromatic carbocycles. The lowest BCUT2D eigenvalue weighted by Gasteiger charge is -2.11. The highest BCUT2D eigenvalue weighted by Crippen LogP contribution is 2.10. The van der Waals surface area contributed by atoms with E-state index in [4.69, 9.17) is 0 Å². The van der Waals surface area contributed by atoms with Crippen molar-refractivity contribution >= 4 is 16.7 Å². The lowest BCUT2D eigenvalue weighted by Crippen LogP contribution is -2.21. The Kier molecular flexibility index (Phi) is 6.05. The maximum absolute atomic E-state index is 11.8. The van der Waals surface area contributed by atoms with E-state index in [0.717, 1.165) is 24.2 Å². The summed E-state index contributed by atoms with van der Waals surface area (Å²) in [5.41, 5.74) is 1.63. The van der Waals surface area contributed by atoms with Gasteiger partial charge in [-0.25, -0.2) is 0 Å². The summed E-state index contributed by atoms with van der Waals surface area (Å²) in [4.78, 5) is 13.4. The highest BCUT2D eigenvalue weighted by molar-refractivity contribution is 7.84. The number of carbonyl (C=O) groups excluding carboxylic acids is 1. The average Bonchev–Trinajstić information content (AvgIpc) is 2.35. The Morgan fingerprint density at radius 2 is 2.06 bits per heavy atom. The van der Waals surface area contributed by atoms with Gasteiger partial charge in [-0.15, -0.1) is 0 Å². The van der Waals surface area contributed by atoms with E-state index < -0.39 is 10.8 Å². The topological polar surface area (TPSA) is 37.4 Å². The van der Waals surface area contributed by atoms with Crippen LogP contribution in [0.15, 0.2) is 24.3 Å². The van der Waals surface area contributed by atoms with E-state index in [-0.39, 0.29) is 5.91 Å². The third kappa shape index (κ3) is 4.61. The van der Waals surface area contributed by atoms with Crippen molar-refractivity contribution in [3.05, 3.63) is 35.4 Å². The molecule has 0 saturated carbocycles. The lowest BCUT2D eigenvalue weighted by atomic mass is 10.1. The molecule has 0 aliphatic rings. The fraction of sp³-hybridized carbons (Fsp3) is 0.500. The van der Waals surface area contributed by atoms with Crippen molar-refractivity contribution in [2.45, 2.75) is 25.5 Å². The molecule has 3 nitrogen and oxygen atoms in total. The fourth-order valence-corrected chi connectivity index (χ4v) is 2.92. The highest BCUT2D eigenvalue weighted by atomic mass is 32.2. The average molecular weight is 267 g/mol. The van der Waals surface area contributed by atoms with Crippen LogP contribution in [0.1, 0.15) is 35.7 Å². The Bertz CT molecular complexity index is 430. The number of hydrogen-bond donors (Lipinski definition) is 0. The zero-order valence-corrected chi connectivity index (χ0v) is 12.1. The quantitative estimate of drug-likeness (QED) is 0.794. The molecule has 0 unspecified atom stereocenters. The van der Waals surface area contributed by atoms with Crippen molar-refractivity contribution < 1.29 is 9.00 Å². The molecular formula is C14H21NO2S. The zero-order valence-electron chi connectivity index (χ0n) is 11.3. The van der Waals surface area contributed by atoms with Gasteiger partial charge >= 0.3 is 0 Å². The number of rotatable bonds is 6. The SMILES string of the molecule is CCCC[S@@](=O)Cc1cccc(C(=O)N(C)C)c1. The number of hydrogen-bond acceptors (Lipinski definition) is 2. The summed E-state index contributed by atoms with van der Waals surface area (Å²) in [5.74, 6) is 1.26. The van der Waals surface area contributed by atoms with Gasteiger partial charge in [0.2, 0.25) is 0 Å². The Hall–Kier alpha value is -1.16. The Morgan fingerprint density at radius 3 is 2.67 bits per heavy atom. The van der Waals surface area contributed by atoms with Gasteiger partial charge in [-0.1, -0.05) is 25.5 Å². The van der Waals surface area contributed by atoms with Gasteiger partial charge < -0.3 is 4.90 Å². The predicted octanol–water partition coefficient (Wildman–Crippen LogP) is 2.44. The molecule has 0 spiro atoms. The van der Waals surface area contributed by atoms with Crippen LogP contribution in [0.2, 0.25) is 0 Å². The summed E-state index contributed by atoms with van der Waals surface area (Å²) in [6.45, 7) is 2.09. The Labute approximate surface area is 112 Å². The molecule has 1 rings (SSSR count). The molecule has 0 saturated heterocycles. The second-order valence-electron chi connectivity index (χ2n) is 4.54. The predicted molar refractivity (Wildman–Crippen MR) is 76.1 cm³/mol. The second-order valence-corrected chi connectivity index (χ2v) is 6.12. The summed E-state index contributed by atoms with van der Waals surface area (Å²) < 4.78 is 11.8. The molecular weight excluding hydrogens is 246 g/mol. The van der Waals surface area contributed by atoms with Crippen LogP contribution >= 0.6 is 0 Å². The van der Waals surface area contributed by atoms with Crippen LogP contribution in [-0.2, 0) is 16.6 Å². The van der Waals surface area contributed by atoms with Crippen LogP contribution in [0, 0.1) is 0 Å². The van der Waals surface area contributed by atoms with Crippen molar-refractivity contribution in [3.8, 4) is 0 Å². The molecule has 1 amide bonds. The van der Waals surface area contributed by atoms with Crippen molar-refractivity contribution in [2.24, 2.45) is 0 Å². The van der Waals surface area contributed by atoms with Crippen LogP contribution in [-0.4, -0.2) is 34.9 Å². The minimum Gasteiger partial charge on any atom is -0.345 e. The highest BCUT2D eigenvalue weighted by Gasteiger charge is 2.09. The van der Waals surface area contributed by atoms with Gasteiger partial charge in [-0.2, -0.15) is 0 Å². The Morgan fingerprint density at radius 1 is 1.33 bits per heavy atom. The molecule has 0 bridgehead atoms. The number of amides is 1. The fourth-order valence-electron chi connectivity index (χ4n) is 1.62. The summed E-state index contributed by atoms with van der Waals surface area (Å²) in [6.07, 6.45) is 2.05. The van der Waals surface area contributed by atoms with E-state index >= 15 is 0 Å². The molecule has 0 fully saturated rings. The minimum atomic E-state index is -0.828. The standard InChI is InChI=1S/C14H21NO2S/c1-4-5-9-18(17)11-12-7-6-8-13(10-12)14(16)15(2)3/h6-8,10H,4-5,9,11H2,1-3H3/t18-/m1/s1. The number of unbranched alkanes of at least 4 members (excludes halogenated alkanes) is 1. The molecule has 0 heterocycles. The van der Waals surface area contributed by atoms with Crippen molar-refractivity contribution in [3.63, 3.8) is 0 Å². The van der Waals surface area contributed by atoms with Gasteiger partial charge in [-0.3, -0.25) is 9.00 Å². The number of benzene rings is 1. The van der Waals surface area contributed by atoms with Crippen LogP contribution in [0.5, 0.6) is 0 Å². The van der Waals surface area contributed by atoms with Gasteiger partial charge in [0.15, 0.2) is 0 Å². The van der Waals surface area contributed by atoms with E-state index in [9.17, 15) is 9.00 Å². The normalized spacial score (nSPS) is 12.2. The van der Waals surface area contributed by atoms with Gasteiger partial charge in [0.05, 0.1) is 0 Å². The van der Waals surface area contributed by atoms with E-state index in [1.807, 2.05) is 18.2 Å². The summed E-state index contributed by atoms with van der Waals surface area (Å²) in [6, 6.07) is 7.41. The first-order valence-electron chi connectivity index (χ1n) is 6.20. The van der Waals surface area contributed by atoms with Gasteiger partial charge in [0.1, 0.15) is 0 Å². The molecule has 1 aromatic rings. The first-order chi connectivity index (χ1) is 8.54. The molecule has 4 heteroatoms. The Balaban J connectivity index is 2.70. The van der Waals surface area contributed by atoms with Gasteiger partial charge in [0.25, 0.3) is 5.91 Å². The molecule has 0 aromatic heterocycles. The van der Waals surface area contributed by atoms with Crippen LogP contribution in [0.3, 0.4) is 0 Å². The summed E-state index contributed by atoms with van der Waals surface area (Å²) in [5, 5.41) is 0. The zero-order chi connectivity index (χ0) is 13.5. The van der Waals surface area contributed by atoms with E-state index in [0.29, 0.717) is 11.3 Å². The number of carbonyl (C=O) groups is 1. The lowest BCUT2D eigenvalue weighted by molar-refractivity contribution is 0.0827.